The molecule has 0 aliphatic heterocycles. The topological polar surface area (TPSA) is 55.1 Å². The molecule has 0 fully saturated rings. The van der Waals surface area contributed by atoms with Crippen LogP contribution < -0.4 is 5.32 Å². The highest BCUT2D eigenvalue weighted by atomic mass is 16.5. The first-order valence-corrected chi connectivity index (χ1v) is 7.52. The molecule has 1 amide bonds. The van der Waals surface area contributed by atoms with Crippen molar-refractivity contribution in [2.24, 2.45) is 0 Å². The number of hydrogen-bond acceptors (Lipinski definition) is 3. The van der Waals surface area contributed by atoms with Gasteiger partial charge in [-0.25, -0.2) is 0 Å². The summed E-state index contributed by atoms with van der Waals surface area (Å²) in [5.41, 5.74) is 3.98. The lowest BCUT2D eigenvalue weighted by atomic mass is 10.1. The van der Waals surface area contributed by atoms with Crippen molar-refractivity contribution < 1.29 is 9.32 Å². The predicted molar refractivity (Wildman–Crippen MR) is 83.4 cm³/mol. The molecule has 1 aliphatic carbocycles. The fourth-order valence-electron chi connectivity index (χ4n) is 3.17. The summed E-state index contributed by atoms with van der Waals surface area (Å²) in [6, 6.07) is 16.0. The number of fused-ring (bicyclic) bond motifs is 2. The van der Waals surface area contributed by atoms with E-state index in [1.807, 2.05) is 36.4 Å². The normalized spacial score (nSPS) is 16.6. The molecule has 1 aliphatic rings. The van der Waals surface area contributed by atoms with Gasteiger partial charge in [-0.2, -0.15) is 0 Å². The Morgan fingerprint density at radius 1 is 1.18 bits per heavy atom. The molecule has 0 bridgehead atoms. The Hall–Kier alpha value is -2.62. The lowest BCUT2D eigenvalue weighted by Crippen LogP contribution is -2.28. The minimum absolute atomic E-state index is 0.0132. The van der Waals surface area contributed by atoms with E-state index in [1.165, 1.54) is 11.1 Å². The van der Waals surface area contributed by atoms with Crippen molar-refractivity contribution in [2.75, 3.05) is 0 Å². The zero-order valence-electron chi connectivity index (χ0n) is 12.1. The second-order valence-corrected chi connectivity index (χ2v) is 5.66. The Kier molecular flexibility index (Phi) is 3.15. The number of carbonyl (C=O) groups excluding carboxylic acids is 1. The van der Waals surface area contributed by atoms with Crippen molar-refractivity contribution >= 4 is 16.9 Å². The summed E-state index contributed by atoms with van der Waals surface area (Å²) in [5, 5.41) is 8.04. The van der Waals surface area contributed by atoms with Gasteiger partial charge in [0.15, 0.2) is 5.58 Å². The summed E-state index contributed by atoms with van der Waals surface area (Å²) in [7, 11) is 0. The zero-order chi connectivity index (χ0) is 14.9. The van der Waals surface area contributed by atoms with Crippen molar-refractivity contribution in [3.63, 3.8) is 0 Å². The minimum Gasteiger partial charge on any atom is -0.356 e. The summed E-state index contributed by atoms with van der Waals surface area (Å²) >= 11 is 0. The number of nitrogens with zero attached hydrogens (tertiary/aromatic N) is 1. The average Bonchev–Trinajstić information content (AvgIpc) is 3.13. The molecule has 2 aromatic carbocycles. The quantitative estimate of drug-likeness (QED) is 0.806. The molecule has 4 heteroatoms. The van der Waals surface area contributed by atoms with E-state index in [0.717, 1.165) is 23.8 Å². The van der Waals surface area contributed by atoms with Gasteiger partial charge in [0, 0.05) is 5.39 Å². The first-order chi connectivity index (χ1) is 10.8. The number of hydrogen-bond donors (Lipinski definition) is 1. The number of amides is 1. The third-order valence-corrected chi connectivity index (χ3v) is 4.25. The highest BCUT2D eigenvalue weighted by Gasteiger charge is 2.24. The number of aryl methyl sites for hydroxylation is 1. The number of aromatic nitrogens is 1. The standard InChI is InChI=1S/C18H16N2O2/c21-18(11-16-14-7-3-4-8-17(14)22-20-16)19-15-10-9-12-5-1-2-6-13(12)15/h1-8,15H,9-11H2,(H,19,21). The maximum absolute atomic E-state index is 12.3. The van der Waals surface area contributed by atoms with Crippen LogP contribution in [-0.2, 0) is 17.6 Å². The molecule has 1 atom stereocenters. The molecule has 1 heterocycles. The van der Waals surface area contributed by atoms with Gasteiger partial charge >= 0.3 is 0 Å². The fraction of sp³-hybridized carbons (Fsp3) is 0.222. The number of rotatable bonds is 3. The Balaban J connectivity index is 1.50. The van der Waals surface area contributed by atoms with E-state index in [-0.39, 0.29) is 18.4 Å². The summed E-state index contributed by atoms with van der Waals surface area (Å²) in [6.45, 7) is 0. The third kappa shape index (κ3) is 2.26. The zero-order valence-corrected chi connectivity index (χ0v) is 12.1. The van der Waals surface area contributed by atoms with Crippen LogP contribution in [-0.4, -0.2) is 11.1 Å². The molecule has 4 rings (SSSR count). The van der Waals surface area contributed by atoms with Gasteiger partial charge in [0.25, 0.3) is 0 Å². The lowest BCUT2D eigenvalue weighted by Gasteiger charge is -2.13. The molecule has 0 saturated heterocycles. The van der Waals surface area contributed by atoms with Gasteiger partial charge in [0.2, 0.25) is 5.91 Å². The maximum atomic E-state index is 12.3. The minimum atomic E-state index is -0.0132. The van der Waals surface area contributed by atoms with Crippen LogP contribution in [0.3, 0.4) is 0 Å². The van der Waals surface area contributed by atoms with Crippen LogP contribution >= 0.6 is 0 Å². The van der Waals surface area contributed by atoms with E-state index >= 15 is 0 Å². The number of carbonyl (C=O) groups is 1. The van der Waals surface area contributed by atoms with Gasteiger partial charge in [-0.1, -0.05) is 41.6 Å². The molecule has 0 spiro atoms. The monoisotopic (exact) mass is 292 g/mol. The van der Waals surface area contributed by atoms with Gasteiger partial charge in [-0.15, -0.1) is 0 Å². The maximum Gasteiger partial charge on any atom is 0.226 e. The molecule has 1 aromatic heterocycles. The van der Waals surface area contributed by atoms with Gasteiger partial charge in [-0.05, 0) is 36.1 Å². The van der Waals surface area contributed by atoms with E-state index in [9.17, 15) is 4.79 Å². The van der Waals surface area contributed by atoms with E-state index < -0.39 is 0 Å². The van der Waals surface area contributed by atoms with Crippen molar-refractivity contribution in [1.82, 2.24) is 10.5 Å². The van der Waals surface area contributed by atoms with Crippen LogP contribution in [0, 0.1) is 0 Å². The van der Waals surface area contributed by atoms with Crippen LogP contribution in [0.15, 0.2) is 53.1 Å². The van der Waals surface area contributed by atoms with E-state index in [0.29, 0.717) is 5.69 Å². The Morgan fingerprint density at radius 2 is 2.00 bits per heavy atom. The van der Waals surface area contributed by atoms with Crippen molar-refractivity contribution in [1.29, 1.82) is 0 Å². The largest absolute Gasteiger partial charge is 0.356 e. The molecule has 22 heavy (non-hydrogen) atoms. The molecular formula is C18H16N2O2. The van der Waals surface area contributed by atoms with Crippen molar-refractivity contribution in [2.45, 2.75) is 25.3 Å². The molecule has 110 valence electrons. The molecule has 3 aromatic rings. The predicted octanol–water partition coefficient (Wildman–Crippen LogP) is 3.17. The lowest BCUT2D eigenvalue weighted by molar-refractivity contribution is -0.121. The van der Waals surface area contributed by atoms with Crippen LogP contribution in [0.5, 0.6) is 0 Å². The first kappa shape index (κ1) is 13.1. The van der Waals surface area contributed by atoms with Crippen molar-refractivity contribution in [3.8, 4) is 0 Å². The van der Waals surface area contributed by atoms with E-state index in [4.69, 9.17) is 4.52 Å². The van der Waals surface area contributed by atoms with Crippen molar-refractivity contribution in [3.05, 3.63) is 65.4 Å². The fourth-order valence-corrected chi connectivity index (χ4v) is 3.17. The summed E-state index contributed by atoms with van der Waals surface area (Å²) in [5.74, 6) is -0.0132. The van der Waals surface area contributed by atoms with Crippen LogP contribution in [0.1, 0.15) is 29.3 Å². The SMILES string of the molecule is O=C(Cc1noc2ccccc12)NC1CCc2ccccc21. The molecule has 0 radical (unpaired) electrons. The Bertz CT molecular complexity index is 838. The van der Waals surface area contributed by atoms with Crippen LogP contribution in [0.2, 0.25) is 0 Å². The highest BCUT2D eigenvalue weighted by Crippen LogP contribution is 2.30. The molecule has 0 saturated carbocycles. The van der Waals surface area contributed by atoms with Crippen LogP contribution in [0.4, 0.5) is 0 Å². The van der Waals surface area contributed by atoms with Gasteiger partial charge in [0.05, 0.1) is 12.5 Å². The molecule has 4 nitrogen and oxygen atoms in total. The molecular weight excluding hydrogens is 276 g/mol. The number of nitrogens with one attached hydrogen (secondary N) is 1. The second kappa shape index (κ2) is 5.30. The summed E-state index contributed by atoms with van der Waals surface area (Å²) < 4.78 is 5.25. The summed E-state index contributed by atoms with van der Waals surface area (Å²) in [6.07, 6.45) is 2.23. The van der Waals surface area contributed by atoms with Gasteiger partial charge in [-0.3, -0.25) is 4.79 Å². The Labute approximate surface area is 128 Å². The Morgan fingerprint density at radius 3 is 2.95 bits per heavy atom. The van der Waals surface area contributed by atoms with E-state index in [2.05, 4.69) is 22.6 Å². The van der Waals surface area contributed by atoms with Crippen LogP contribution in [0.25, 0.3) is 11.0 Å². The smallest absolute Gasteiger partial charge is 0.226 e. The number of benzene rings is 2. The summed E-state index contributed by atoms with van der Waals surface area (Å²) in [4.78, 5) is 12.3. The first-order valence-electron chi connectivity index (χ1n) is 7.52. The number of para-hydroxylation sites is 1. The van der Waals surface area contributed by atoms with E-state index in [1.54, 1.807) is 0 Å². The third-order valence-electron chi connectivity index (χ3n) is 4.25. The molecule has 1 unspecified atom stereocenters. The second-order valence-electron chi connectivity index (χ2n) is 5.66. The molecule has 1 N–H and O–H groups in total. The van der Waals surface area contributed by atoms with Gasteiger partial charge < -0.3 is 9.84 Å². The average molecular weight is 292 g/mol. The highest BCUT2D eigenvalue weighted by molar-refractivity contribution is 5.86. The van der Waals surface area contributed by atoms with Gasteiger partial charge in [0.1, 0.15) is 5.69 Å².